The normalized spacial score (nSPS) is 50.1. The molecule has 4 saturated carbocycles. The summed E-state index contributed by atoms with van der Waals surface area (Å²) in [5, 5.41) is 0. The number of rotatable bonds is 1. The Balaban J connectivity index is 1.49. The van der Waals surface area contributed by atoms with Gasteiger partial charge in [-0.2, -0.15) is 0 Å². The first-order valence-corrected chi connectivity index (χ1v) is 8.16. The molecule has 6 aliphatic rings. The van der Waals surface area contributed by atoms with E-state index in [-0.39, 0.29) is 17.4 Å². The van der Waals surface area contributed by atoms with Gasteiger partial charge in [-0.25, -0.2) is 23.5 Å². The fourth-order valence-corrected chi connectivity index (χ4v) is 7.54. The highest BCUT2D eigenvalue weighted by Gasteiger charge is 2.97. The molecule has 0 saturated heterocycles. The predicted octanol–water partition coefficient (Wildman–Crippen LogP) is 0.518. The maximum atomic E-state index is 12.5. The van der Waals surface area contributed by atoms with Crippen LogP contribution in [0.15, 0.2) is 39.9 Å². The zero-order valence-corrected chi connectivity index (χ0v) is 12.1. The van der Waals surface area contributed by atoms with E-state index in [0.717, 1.165) is 5.92 Å². The molecule has 0 radical (unpaired) electrons. The molecule has 5 heteroatoms. The lowest BCUT2D eigenvalue weighted by Gasteiger charge is -2.97. The third-order valence-corrected chi connectivity index (χ3v) is 7.87. The number of benzene rings is 1. The quantitative estimate of drug-likeness (QED) is 0.769. The minimum Gasteiger partial charge on any atom is -0.246 e. The average Bonchev–Trinajstić information content (AvgIpc) is 2.73. The molecule has 2 aromatic rings. The average molecular weight is 293 g/mol. The van der Waals surface area contributed by atoms with Gasteiger partial charge in [-0.05, 0) is 35.2 Å². The van der Waals surface area contributed by atoms with E-state index in [1.807, 2.05) is 4.68 Å². The lowest BCUT2D eigenvalue weighted by molar-refractivity contribution is -0.470. The van der Waals surface area contributed by atoms with Gasteiger partial charge in [0.15, 0.2) is 0 Å². The van der Waals surface area contributed by atoms with Crippen molar-refractivity contribution in [3.05, 3.63) is 56.9 Å². The Morgan fingerprint density at radius 1 is 0.864 bits per heavy atom. The molecule has 5 nitrogen and oxygen atoms in total. The molecule has 0 spiro atoms. The van der Waals surface area contributed by atoms with Gasteiger partial charge in [-0.15, -0.1) is 0 Å². The van der Waals surface area contributed by atoms with Gasteiger partial charge >= 0.3 is 11.4 Å². The van der Waals surface area contributed by atoms with E-state index in [0.29, 0.717) is 35.1 Å². The molecule has 1 aromatic heterocycles. The highest BCUT2D eigenvalue weighted by atomic mass is 16.2. The third kappa shape index (κ3) is 0.638. The lowest BCUT2D eigenvalue weighted by Crippen LogP contribution is -2.98. The maximum absolute atomic E-state index is 12.5. The fraction of sp³-hybridized carbons (Fsp3) is 0.529. The highest BCUT2D eigenvalue weighted by molar-refractivity contribution is 5.54. The van der Waals surface area contributed by atoms with Crippen molar-refractivity contribution < 1.29 is 0 Å². The molecule has 3 heterocycles. The molecule has 2 bridgehead atoms. The molecule has 8 atom stereocenters. The van der Waals surface area contributed by atoms with Crippen molar-refractivity contribution in [2.24, 2.45) is 36.6 Å². The van der Waals surface area contributed by atoms with E-state index >= 15 is 0 Å². The first kappa shape index (κ1) is 10.6. The van der Waals surface area contributed by atoms with E-state index in [9.17, 15) is 9.59 Å². The zero-order valence-electron chi connectivity index (χ0n) is 12.1. The van der Waals surface area contributed by atoms with Crippen molar-refractivity contribution in [2.75, 3.05) is 0 Å². The molecular formula is C17H15N3O2. The van der Waals surface area contributed by atoms with Crippen molar-refractivity contribution in [1.29, 1.82) is 0 Å². The van der Waals surface area contributed by atoms with Gasteiger partial charge in [0.1, 0.15) is 0 Å². The Labute approximate surface area is 125 Å². The molecule has 110 valence electrons. The van der Waals surface area contributed by atoms with E-state index < -0.39 is 0 Å². The Kier molecular flexibility index (Phi) is 1.29. The topological polar surface area (TPSA) is 48.9 Å². The summed E-state index contributed by atoms with van der Waals surface area (Å²) in [4.78, 5) is 24.8. The van der Waals surface area contributed by atoms with Gasteiger partial charge in [0, 0.05) is 12.5 Å². The van der Waals surface area contributed by atoms with Crippen LogP contribution in [0.2, 0.25) is 0 Å². The van der Waals surface area contributed by atoms with Gasteiger partial charge in [-0.1, -0.05) is 30.3 Å². The Bertz CT molecular complexity index is 977. The van der Waals surface area contributed by atoms with Crippen molar-refractivity contribution in [1.82, 2.24) is 13.9 Å². The second kappa shape index (κ2) is 2.66. The number of aromatic nitrogens is 3. The maximum Gasteiger partial charge on any atom is 0.347 e. The summed E-state index contributed by atoms with van der Waals surface area (Å²) in [5.74, 6) is 3.21. The number of hydrogen-bond donors (Lipinski definition) is 0. The van der Waals surface area contributed by atoms with Crippen LogP contribution in [0, 0.1) is 29.6 Å². The molecular weight excluding hydrogens is 278 g/mol. The van der Waals surface area contributed by atoms with Crippen LogP contribution >= 0.6 is 0 Å². The minimum absolute atomic E-state index is 0.112. The van der Waals surface area contributed by atoms with Crippen LogP contribution in [-0.2, 0) is 12.5 Å². The molecule has 0 amide bonds. The van der Waals surface area contributed by atoms with Gasteiger partial charge in [0.2, 0.25) is 0 Å². The number of nitrogens with zero attached hydrogens (tertiary/aromatic N) is 3. The monoisotopic (exact) mass is 293 g/mol. The zero-order chi connectivity index (χ0) is 14.5. The van der Waals surface area contributed by atoms with Crippen molar-refractivity contribution >= 4 is 0 Å². The Hall–Kier alpha value is -2.04. The summed E-state index contributed by atoms with van der Waals surface area (Å²) < 4.78 is 4.91. The summed E-state index contributed by atoms with van der Waals surface area (Å²) in [5.41, 5.74) is 1.58. The molecule has 0 N–H and O–H groups in total. The van der Waals surface area contributed by atoms with Gasteiger partial charge in [0.25, 0.3) is 0 Å². The SMILES string of the molecule is Cn1c(=O)n2n(c1=O)C1[C@@H]3[C@@H]4C2[C@H]2C4C3(c3ccccc3)[C@@H]12. The van der Waals surface area contributed by atoms with E-state index in [1.54, 1.807) is 11.7 Å². The molecule has 4 unspecified atom stereocenters. The molecule has 22 heavy (non-hydrogen) atoms. The van der Waals surface area contributed by atoms with Crippen LogP contribution in [0.4, 0.5) is 0 Å². The molecule has 4 fully saturated rings. The summed E-state index contributed by atoms with van der Waals surface area (Å²) >= 11 is 0. The van der Waals surface area contributed by atoms with Crippen LogP contribution in [0.25, 0.3) is 0 Å². The summed E-state index contributed by atoms with van der Waals surface area (Å²) in [7, 11) is 1.61. The third-order valence-electron chi connectivity index (χ3n) is 7.87. The van der Waals surface area contributed by atoms with Crippen molar-refractivity contribution in [3.8, 4) is 0 Å². The smallest absolute Gasteiger partial charge is 0.246 e. The fourth-order valence-electron chi connectivity index (χ4n) is 7.54. The highest BCUT2D eigenvalue weighted by Crippen LogP contribution is 2.97. The second-order valence-electron chi connectivity index (χ2n) is 7.83. The minimum atomic E-state index is -0.117. The van der Waals surface area contributed by atoms with E-state index in [4.69, 9.17) is 0 Å². The van der Waals surface area contributed by atoms with Gasteiger partial charge in [0.05, 0.1) is 12.1 Å². The first-order chi connectivity index (χ1) is 10.7. The standard InChI is InChI=1S/C17H15N3O2/c1-18-15(21)19-13-8-10-9(13)12-14(20(19)16(18)22)11(8)17(10,12)7-5-3-2-4-6-7/h2-6,8-14H,1H3/t8-,9+,10?,11+,12-,13?,14?,17?. The Morgan fingerprint density at radius 3 is 2.09 bits per heavy atom. The molecule has 2 aliphatic heterocycles. The van der Waals surface area contributed by atoms with Gasteiger partial charge < -0.3 is 0 Å². The van der Waals surface area contributed by atoms with Crippen molar-refractivity contribution in [2.45, 2.75) is 17.5 Å². The summed E-state index contributed by atoms with van der Waals surface area (Å²) in [6.45, 7) is 0. The lowest BCUT2D eigenvalue weighted by atomic mass is 9.09. The van der Waals surface area contributed by atoms with E-state index in [2.05, 4.69) is 30.3 Å². The Morgan fingerprint density at radius 2 is 1.45 bits per heavy atom. The van der Waals surface area contributed by atoms with E-state index in [1.165, 1.54) is 10.1 Å². The van der Waals surface area contributed by atoms with Crippen LogP contribution in [0.5, 0.6) is 0 Å². The van der Waals surface area contributed by atoms with Crippen LogP contribution < -0.4 is 11.4 Å². The largest absolute Gasteiger partial charge is 0.347 e. The van der Waals surface area contributed by atoms with Crippen molar-refractivity contribution in [3.63, 3.8) is 0 Å². The summed E-state index contributed by atoms with van der Waals surface area (Å²) in [6, 6.07) is 11.4. The van der Waals surface area contributed by atoms with Crippen LogP contribution in [0.3, 0.4) is 0 Å². The first-order valence-electron chi connectivity index (χ1n) is 8.16. The molecule has 4 aliphatic carbocycles. The second-order valence-corrected chi connectivity index (χ2v) is 7.83. The number of hydrogen-bond acceptors (Lipinski definition) is 2. The molecule has 1 aromatic carbocycles. The van der Waals surface area contributed by atoms with Crippen LogP contribution in [-0.4, -0.2) is 13.9 Å². The predicted molar refractivity (Wildman–Crippen MR) is 77.6 cm³/mol. The van der Waals surface area contributed by atoms with Crippen LogP contribution in [0.1, 0.15) is 17.6 Å². The summed E-state index contributed by atoms with van der Waals surface area (Å²) in [6.07, 6.45) is 0. The molecule has 8 rings (SSSR count). The van der Waals surface area contributed by atoms with Gasteiger partial charge in [-0.3, -0.25) is 0 Å².